The second kappa shape index (κ2) is 7.17. The van der Waals surface area contributed by atoms with Gasteiger partial charge >= 0.3 is 0 Å². The van der Waals surface area contributed by atoms with Crippen molar-refractivity contribution in [3.8, 4) is 28.5 Å². The Bertz CT molecular complexity index is 857. The van der Waals surface area contributed by atoms with Gasteiger partial charge < -0.3 is 24.8 Å². The van der Waals surface area contributed by atoms with Gasteiger partial charge in [-0.25, -0.2) is 4.98 Å². The molecule has 130 valence electrons. The minimum absolute atomic E-state index is 0.126. The predicted octanol–water partition coefficient (Wildman–Crippen LogP) is 3.51. The Hall–Kier alpha value is -3.15. The maximum atomic E-state index is 9.56. The van der Waals surface area contributed by atoms with Crippen LogP contribution in [0.2, 0.25) is 0 Å². The molecule has 3 N–H and O–H groups in total. The number of nitrogens with zero attached hydrogens (tertiary/aromatic N) is 2. The van der Waals surface area contributed by atoms with Crippen molar-refractivity contribution >= 4 is 5.95 Å². The molecule has 0 amide bonds. The lowest BCUT2D eigenvalue weighted by molar-refractivity contribution is 0.340. The van der Waals surface area contributed by atoms with Crippen LogP contribution in [-0.2, 0) is 13.6 Å². The highest BCUT2D eigenvalue weighted by molar-refractivity contribution is 5.62. The van der Waals surface area contributed by atoms with Crippen molar-refractivity contribution in [3.05, 3.63) is 54.2 Å². The molecule has 0 aliphatic heterocycles. The Balaban J connectivity index is 1.73. The summed E-state index contributed by atoms with van der Waals surface area (Å²) in [4.78, 5) is 4.41. The van der Waals surface area contributed by atoms with Crippen molar-refractivity contribution < 1.29 is 14.9 Å². The van der Waals surface area contributed by atoms with Crippen LogP contribution in [0, 0.1) is 0 Å². The summed E-state index contributed by atoms with van der Waals surface area (Å²) in [7, 11) is 1.94. The van der Waals surface area contributed by atoms with Crippen molar-refractivity contribution in [1.82, 2.24) is 9.55 Å². The topological polar surface area (TPSA) is 79.5 Å². The van der Waals surface area contributed by atoms with Gasteiger partial charge in [-0.2, -0.15) is 0 Å². The van der Waals surface area contributed by atoms with Crippen molar-refractivity contribution in [3.63, 3.8) is 0 Å². The van der Waals surface area contributed by atoms with Crippen LogP contribution in [-0.4, -0.2) is 26.4 Å². The van der Waals surface area contributed by atoms with Crippen LogP contribution in [0.15, 0.2) is 48.7 Å². The number of phenolic OH excluding ortho intramolecular Hbond substituents is 2. The average molecular weight is 339 g/mol. The summed E-state index contributed by atoms with van der Waals surface area (Å²) in [5.74, 6) is 1.31. The van der Waals surface area contributed by atoms with Gasteiger partial charge in [0.15, 0.2) is 11.5 Å². The molecule has 0 atom stereocenters. The molecule has 0 bridgehead atoms. The third-order valence-electron chi connectivity index (χ3n) is 3.94. The van der Waals surface area contributed by atoms with Crippen LogP contribution in [0.4, 0.5) is 5.95 Å². The number of phenols is 2. The number of rotatable bonds is 6. The number of nitrogens with one attached hydrogen (secondary N) is 1. The zero-order valence-corrected chi connectivity index (χ0v) is 14.2. The van der Waals surface area contributed by atoms with Gasteiger partial charge in [-0.1, -0.05) is 6.07 Å². The van der Waals surface area contributed by atoms with Crippen LogP contribution in [0.1, 0.15) is 12.5 Å². The molecule has 0 unspecified atom stereocenters. The molecular weight excluding hydrogens is 318 g/mol. The van der Waals surface area contributed by atoms with E-state index >= 15 is 0 Å². The first-order chi connectivity index (χ1) is 12.1. The van der Waals surface area contributed by atoms with E-state index in [9.17, 15) is 10.2 Å². The summed E-state index contributed by atoms with van der Waals surface area (Å²) >= 11 is 0. The quantitative estimate of drug-likeness (QED) is 0.599. The molecule has 2 aromatic carbocycles. The first-order valence-corrected chi connectivity index (χ1v) is 8.08. The molecule has 0 fully saturated rings. The molecule has 6 heteroatoms. The van der Waals surface area contributed by atoms with E-state index in [-0.39, 0.29) is 11.5 Å². The van der Waals surface area contributed by atoms with E-state index in [2.05, 4.69) is 10.3 Å². The van der Waals surface area contributed by atoms with Gasteiger partial charge in [-0.3, -0.25) is 0 Å². The van der Waals surface area contributed by atoms with Crippen molar-refractivity contribution in [2.75, 3.05) is 11.9 Å². The Morgan fingerprint density at radius 3 is 2.52 bits per heavy atom. The molecule has 1 aromatic heterocycles. The lowest BCUT2D eigenvalue weighted by Crippen LogP contribution is -2.05. The van der Waals surface area contributed by atoms with Gasteiger partial charge in [0, 0.05) is 19.2 Å². The number of anilines is 1. The van der Waals surface area contributed by atoms with Gasteiger partial charge in [0.1, 0.15) is 5.75 Å². The molecule has 0 radical (unpaired) electrons. The highest BCUT2D eigenvalue weighted by atomic mass is 16.5. The highest BCUT2D eigenvalue weighted by Gasteiger charge is 2.09. The molecule has 0 aliphatic carbocycles. The lowest BCUT2D eigenvalue weighted by Gasteiger charge is -2.10. The van der Waals surface area contributed by atoms with Gasteiger partial charge in [0.2, 0.25) is 5.95 Å². The Kier molecular flexibility index (Phi) is 4.79. The van der Waals surface area contributed by atoms with Crippen LogP contribution >= 0.6 is 0 Å². The van der Waals surface area contributed by atoms with E-state index in [4.69, 9.17) is 4.74 Å². The fraction of sp³-hybridized carbons (Fsp3) is 0.211. The first-order valence-electron chi connectivity index (χ1n) is 8.08. The molecule has 6 nitrogen and oxygen atoms in total. The van der Waals surface area contributed by atoms with Crippen molar-refractivity contribution in [2.24, 2.45) is 7.05 Å². The van der Waals surface area contributed by atoms with Crippen LogP contribution in [0.5, 0.6) is 17.2 Å². The zero-order chi connectivity index (χ0) is 17.8. The minimum Gasteiger partial charge on any atom is -0.504 e. The van der Waals surface area contributed by atoms with E-state index in [0.29, 0.717) is 13.2 Å². The lowest BCUT2D eigenvalue weighted by atomic mass is 10.1. The Morgan fingerprint density at radius 2 is 1.84 bits per heavy atom. The summed E-state index contributed by atoms with van der Waals surface area (Å²) in [6, 6.07) is 12.6. The molecule has 25 heavy (non-hydrogen) atoms. The standard InChI is InChI=1S/C19H21N3O3/c1-3-25-15-7-5-14(6-8-15)16-12-21-19(22(16)2)20-11-13-4-9-17(23)18(24)10-13/h4-10,12,23-24H,3,11H2,1-2H3,(H,20,21). The van der Waals surface area contributed by atoms with E-state index in [1.54, 1.807) is 6.07 Å². The Morgan fingerprint density at radius 1 is 1.08 bits per heavy atom. The molecule has 3 aromatic rings. The summed E-state index contributed by atoms with van der Waals surface area (Å²) in [5, 5.41) is 22.1. The average Bonchev–Trinajstić information content (AvgIpc) is 2.98. The van der Waals surface area contributed by atoms with E-state index < -0.39 is 0 Å². The number of imidazole rings is 1. The van der Waals surface area contributed by atoms with Gasteiger partial charge in [-0.05, 0) is 48.9 Å². The van der Waals surface area contributed by atoms with Crippen LogP contribution in [0.25, 0.3) is 11.3 Å². The monoisotopic (exact) mass is 339 g/mol. The van der Waals surface area contributed by atoms with Crippen molar-refractivity contribution in [2.45, 2.75) is 13.5 Å². The Labute approximate surface area is 146 Å². The SMILES string of the molecule is CCOc1ccc(-c2cnc(NCc3ccc(O)c(O)c3)n2C)cc1. The molecule has 0 saturated heterocycles. The largest absolute Gasteiger partial charge is 0.504 e. The van der Waals surface area contributed by atoms with Gasteiger partial charge in [-0.15, -0.1) is 0 Å². The fourth-order valence-corrected chi connectivity index (χ4v) is 2.59. The van der Waals surface area contributed by atoms with Gasteiger partial charge in [0.05, 0.1) is 18.5 Å². The third-order valence-corrected chi connectivity index (χ3v) is 3.94. The maximum absolute atomic E-state index is 9.56. The first kappa shape index (κ1) is 16.7. The van der Waals surface area contributed by atoms with Crippen LogP contribution in [0.3, 0.4) is 0 Å². The zero-order valence-electron chi connectivity index (χ0n) is 14.2. The number of benzene rings is 2. The van der Waals surface area contributed by atoms with Gasteiger partial charge in [0.25, 0.3) is 0 Å². The van der Waals surface area contributed by atoms with Crippen molar-refractivity contribution in [1.29, 1.82) is 0 Å². The van der Waals surface area contributed by atoms with E-state index in [1.807, 2.05) is 49.0 Å². The maximum Gasteiger partial charge on any atom is 0.203 e. The van der Waals surface area contributed by atoms with E-state index in [1.165, 1.54) is 12.1 Å². The number of hydrogen-bond donors (Lipinski definition) is 3. The molecular formula is C19H21N3O3. The van der Waals surface area contributed by atoms with Crippen LogP contribution < -0.4 is 10.1 Å². The summed E-state index contributed by atoms with van der Waals surface area (Å²) in [5.41, 5.74) is 2.88. The summed E-state index contributed by atoms with van der Waals surface area (Å²) < 4.78 is 7.43. The second-order valence-electron chi connectivity index (χ2n) is 5.66. The third kappa shape index (κ3) is 3.68. The number of aromatic nitrogens is 2. The molecule has 0 saturated carbocycles. The molecule has 0 aliphatic rings. The summed E-state index contributed by atoms with van der Waals surface area (Å²) in [6.45, 7) is 3.09. The number of ether oxygens (including phenoxy) is 1. The highest BCUT2D eigenvalue weighted by Crippen LogP contribution is 2.26. The molecule has 0 spiro atoms. The molecule has 3 rings (SSSR count). The normalized spacial score (nSPS) is 10.6. The summed E-state index contributed by atoms with van der Waals surface area (Å²) in [6.07, 6.45) is 1.81. The minimum atomic E-state index is -0.130. The smallest absolute Gasteiger partial charge is 0.203 e. The predicted molar refractivity (Wildman–Crippen MR) is 96.9 cm³/mol. The number of hydrogen-bond acceptors (Lipinski definition) is 5. The number of aromatic hydroxyl groups is 2. The van der Waals surface area contributed by atoms with E-state index in [0.717, 1.165) is 28.5 Å². The second-order valence-corrected chi connectivity index (χ2v) is 5.66. The molecule has 1 heterocycles. The fourth-order valence-electron chi connectivity index (χ4n) is 2.59.